The smallest absolute Gasteiger partial charge is 0.127 e. The van der Waals surface area contributed by atoms with E-state index in [1.807, 2.05) is 6.92 Å². The molecule has 5 heteroatoms. The lowest BCUT2D eigenvalue weighted by atomic mass is 10.2. The van der Waals surface area contributed by atoms with E-state index < -0.39 is 0 Å². The highest BCUT2D eigenvalue weighted by molar-refractivity contribution is 7.10. The van der Waals surface area contributed by atoms with Crippen LogP contribution in [0, 0.1) is 18.3 Å². The van der Waals surface area contributed by atoms with Gasteiger partial charge in [-0.25, -0.2) is 0 Å². The zero-order valence-corrected chi connectivity index (χ0v) is 10.9. The minimum atomic E-state index is 0.692. The van der Waals surface area contributed by atoms with Crippen molar-refractivity contribution in [3.05, 3.63) is 11.3 Å². The molecule has 16 heavy (non-hydrogen) atoms. The molecule has 1 heterocycles. The topological polar surface area (TPSA) is 52.0 Å². The minimum Gasteiger partial charge on any atom is -0.375 e. The number of hydrogen-bond donors (Lipinski definition) is 1. The van der Waals surface area contributed by atoms with Gasteiger partial charge in [0.05, 0.1) is 5.69 Å². The quantitative estimate of drug-likeness (QED) is 0.771. The van der Waals surface area contributed by atoms with Gasteiger partial charge in [-0.3, -0.25) is 0 Å². The summed E-state index contributed by atoms with van der Waals surface area (Å²) in [5, 5.41) is 13.1. The zero-order valence-electron chi connectivity index (χ0n) is 10.1. The van der Waals surface area contributed by atoms with Crippen molar-refractivity contribution in [3.63, 3.8) is 0 Å². The second-order valence-electron chi connectivity index (χ2n) is 4.02. The number of aryl methyl sites for hydroxylation is 1. The van der Waals surface area contributed by atoms with Crippen molar-refractivity contribution in [1.82, 2.24) is 9.27 Å². The first kappa shape index (κ1) is 12.9. The molecule has 0 amide bonds. The van der Waals surface area contributed by atoms with E-state index in [-0.39, 0.29) is 0 Å². The predicted octanol–water partition coefficient (Wildman–Crippen LogP) is 2.08. The van der Waals surface area contributed by atoms with Crippen molar-refractivity contribution < 1.29 is 0 Å². The molecule has 1 N–H and O–H groups in total. The lowest BCUT2D eigenvalue weighted by molar-refractivity contribution is 0.396. The molecule has 0 atom stereocenters. The van der Waals surface area contributed by atoms with Gasteiger partial charge < -0.3 is 10.2 Å². The largest absolute Gasteiger partial charge is 0.375 e. The fraction of sp³-hybridized carbons (Fsp3) is 0.636. The van der Waals surface area contributed by atoms with Crippen LogP contribution in [0.1, 0.15) is 24.1 Å². The highest BCUT2D eigenvalue weighted by Gasteiger charge is 2.08. The molecule has 4 nitrogen and oxygen atoms in total. The first-order chi connectivity index (χ1) is 7.65. The molecular formula is C11H18N4S. The van der Waals surface area contributed by atoms with Gasteiger partial charge in [0.25, 0.3) is 0 Å². The van der Waals surface area contributed by atoms with Gasteiger partial charge in [0.15, 0.2) is 0 Å². The normalized spacial score (nSPS) is 10.4. The Morgan fingerprint density at radius 3 is 2.81 bits per heavy atom. The Bertz CT molecular complexity index is 365. The Hall–Kier alpha value is -1.12. The fourth-order valence-corrected chi connectivity index (χ4v) is 2.15. The van der Waals surface area contributed by atoms with Gasteiger partial charge >= 0.3 is 0 Å². The molecule has 0 spiro atoms. The number of unbranched alkanes of at least 4 members (excludes halogenated alkanes) is 1. The van der Waals surface area contributed by atoms with E-state index in [1.54, 1.807) is 0 Å². The van der Waals surface area contributed by atoms with Gasteiger partial charge in [-0.1, -0.05) is 0 Å². The van der Waals surface area contributed by atoms with Gasteiger partial charge in [0, 0.05) is 6.54 Å². The van der Waals surface area contributed by atoms with Crippen LogP contribution in [0.2, 0.25) is 0 Å². The van der Waals surface area contributed by atoms with Crippen LogP contribution >= 0.6 is 11.5 Å². The van der Waals surface area contributed by atoms with Crippen molar-refractivity contribution in [1.29, 1.82) is 5.26 Å². The summed E-state index contributed by atoms with van der Waals surface area (Å²) >= 11 is 1.37. The standard InChI is InChI=1S/C11H18N4S/c1-9-10(8-12)11(16-14-9)13-6-4-5-7-15(2)3/h13H,4-7H2,1-3H3. The van der Waals surface area contributed by atoms with E-state index >= 15 is 0 Å². The van der Waals surface area contributed by atoms with Crippen molar-refractivity contribution in [2.24, 2.45) is 0 Å². The summed E-state index contributed by atoms with van der Waals surface area (Å²) in [7, 11) is 4.15. The summed E-state index contributed by atoms with van der Waals surface area (Å²) in [4.78, 5) is 2.18. The molecule has 1 aromatic rings. The lowest BCUT2D eigenvalue weighted by Crippen LogP contribution is -2.14. The van der Waals surface area contributed by atoms with E-state index in [9.17, 15) is 0 Å². The molecule has 0 saturated carbocycles. The lowest BCUT2D eigenvalue weighted by Gasteiger charge is -2.09. The Kier molecular flexibility index (Phi) is 5.23. The van der Waals surface area contributed by atoms with E-state index in [0.29, 0.717) is 5.56 Å². The number of anilines is 1. The molecule has 0 fully saturated rings. The average molecular weight is 238 g/mol. The van der Waals surface area contributed by atoms with Crippen LogP contribution in [0.4, 0.5) is 5.00 Å². The van der Waals surface area contributed by atoms with Crippen LogP contribution < -0.4 is 5.32 Å². The molecule has 0 bridgehead atoms. The predicted molar refractivity (Wildman–Crippen MR) is 67.8 cm³/mol. The van der Waals surface area contributed by atoms with Gasteiger partial charge in [0.1, 0.15) is 16.6 Å². The second-order valence-corrected chi connectivity index (χ2v) is 4.79. The van der Waals surface area contributed by atoms with Crippen LogP contribution in [0.5, 0.6) is 0 Å². The molecule has 0 aromatic carbocycles. The van der Waals surface area contributed by atoms with Crippen molar-refractivity contribution in [2.45, 2.75) is 19.8 Å². The van der Waals surface area contributed by atoms with Crippen molar-refractivity contribution in [2.75, 3.05) is 32.5 Å². The maximum atomic E-state index is 8.93. The maximum absolute atomic E-state index is 8.93. The van der Waals surface area contributed by atoms with Crippen LogP contribution in [0.3, 0.4) is 0 Å². The Morgan fingerprint density at radius 2 is 2.19 bits per heavy atom. The third-order valence-electron chi connectivity index (χ3n) is 2.29. The average Bonchev–Trinajstić information content (AvgIpc) is 2.58. The second kappa shape index (κ2) is 6.46. The first-order valence-corrected chi connectivity index (χ1v) is 6.17. The molecule has 0 saturated heterocycles. The molecule has 0 unspecified atom stereocenters. The summed E-state index contributed by atoms with van der Waals surface area (Å²) in [5.74, 6) is 0. The highest BCUT2D eigenvalue weighted by atomic mass is 32.1. The van der Waals surface area contributed by atoms with Gasteiger partial charge in [-0.15, -0.1) is 0 Å². The van der Waals surface area contributed by atoms with Crippen LogP contribution in [-0.2, 0) is 0 Å². The molecule has 0 radical (unpaired) electrons. The van der Waals surface area contributed by atoms with Crippen LogP contribution in [0.25, 0.3) is 0 Å². The maximum Gasteiger partial charge on any atom is 0.127 e. The molecule has 1 aromatic heterocycles. The van der Waals surface area contributed by atoms with E-state index in [1.165, 1.54) is 18.0 Å². The summed E-state index contributed by atoms with van der Waals surface area (Å²) in [6, 6.07) is 2.18. The monoisotopic (exact) mass is 238 g/mol. The summed E-state index contributed by atoms with van der Waals surface area (Å²) in [6.07, 6.45) is 2.28. The number of rotatable bonds is 6. The Morgan fingerprint density at radius 1 is 1.44 bits per heavy atom. The number of nitriles is 1. The third kappa shape index (κ3) is 3.80. The molecule has 0 aliphatic heterocycles. The van der Waals surface area contributed by atoms with Crippen molar-refractivity contribution in [3.8, 4) is 6.07 Å². The SMILES string of the molecule is Cc1nsc(NCCCCN(C)C)c1C#N. The van der Waals surface area contributed by atoms with Crippen molar-refractivity contribution >= 4 is 16.5 Å². The molecular weight excluding hydrogens is 220 g/mol. The summed E-state index contributed by atoms with van der Waals surface area (Å²) in [6.45, 7) is 3.88. The number of hydrogen-bond acceptors (Lipinski definition) is 5. The Labute approximate surface area is 101 Å². The molecule has 1 rings (SSSR count). The zero-order chi connectivity index (χ0) is 12.0. The summed E-state index contributed by atoms with van der Waals surface area (Å²) < 4.78 is 4.16. The molecule has 0 aliphatic carbocycles. The van der Waals surface area contributed by atoms with Gasteiger partial charge in [0.2, 0.25) is 0 Å². The van der Waals surface area contributed by atoms with E-state index in [2.05, 4.69) is 34.8 Å². The van der Waals surface area contributed by atoms with E-state index in [4.69, 9.17) is 5.26 Å². The van der Waals surface area contributed by atoms with Gasteiger partial charge in [-0.2, -0.15) is 9.64 Å². The summed E-state index contributed by atoms with van der Waals surface area (Å²) in [5.41, 5.74) is 1.51. The molecule has 88 valence electrons. The number of nitrogens with one attached hydrogen (secondary N) is 1. The van der Waals surface area contributed by atoms with E-state index in [0.717, 1.165) is 30.2 Å². The first-order valence-electron chi connectivity index (χ1n) is 5.40. The Balaban J connectivity index is 2.30. The minimum absolute atomic E-state index is 0.692. The van der Waals surface area contributed by atoms with Gasteiger partial charge in [-0.05, 0) is 51.9 Å². The fourth-order valence-electron chi connectivity index (χ4n) is 1.38. The third-order valence-corrected chi connectivity index (χ3v) is 3.19. The van der Waals surface area contributed by atoms with Crippen LogP contribution in [0.15, 0.2) is 0 Å². The molecule has 0 aliphatic rings. The number of aromatic nitrogens is 1. The highest BCUT2D eigenvalue weighted by Crippen LogP contribution is 2.23. The van der Waals surface area contributed by atoms with Crippen LogP contribution in [-0.4, -0.2) is 36.5 Å². The number of nitrogens with zero attached hydrogens (tertiary/aromatic N) is 3.